The van der Waals surface area contributed by atoms with Crippen LogP contribution in [0.4, 0.5) is 0 Å². The van der Waals surface area contributed by atoms with E-state index in [0.29, 0.717) is 6.42 Å². The number of rotatable bonds is 27. The molecule has 1 aliphatic heterocycles. The Morgan fingerprint density at radius 2 is 1.18 bits per heavy atom. The molecule has 0 aromatic carbocycles. The summed E-state index contributed by atoms with van der Waals surface area (Å²) in [5.41, 5.74) is -1.16. The SMILES string of the molecule is CCCCCCCCCCCCCCCCCCP(=O)(O)OP(=O)(O)OP(=O)(O)OP(=O)(O)OC[C@@H]1C=C[C@H](n2cc(C)c(=O)[nH]c2=O)O1. The number of aryl methyl sites for hydroxylation is 1. The van der Waals surface area contributed by atoms with Crippen LogP contribution in [-0.2, 0) is 40.5 Å². The second kappa shape index (κ2) is 21.5. The van der Waals surface area contributed by atoms with Crippen molar-refractivity contribution >= 4 is 31.1 Å². The topological polar surface area (TPSA) is 250 Å². The fourth-order valence-corrected chi connectivity index (χ4v) is 10.7. The third-order valence-electron chi connectivity index (χ3n) is 7.56. The van der Waals surface area contributed by atoms with E-state index in [-0.39, 0.29) is 12.0 Å². The van der Waals surface area contributed by atoms with Gasteiger partial charge in [-0.3, -0.25) is 23.4 Å². The first-order chi connectivity index (χ1) is 22.9. The Balaban J connectivity index is 1.63. The third-order valence-corrected chi connectivity index (χ3v) is 14.1. The fourth-order valence-electron chi connectivity index (χ4n) is 5.06. The van der Waals surface area contributed by atoms with E-state index in [9.17, 15) is 47.4 Å². The van der Waals surface area contributed by atoms with Crippen molar-refractivity contribution in [3.8, 4) is 0 Å². The molecule has 2 rings (SSSR count). The van der Waals surface area contributed by atoms with E-state index in [4.69, 9.17) is 4.74 Å². The Morgan fingerprint density at radius 1 is 0.714 bits per heavy atom. The minimum absolute atomic E-state index is 0.175. The van der Waals surface area contributed by atoms with Gasteiger partial charge in [0.15, 0.2) is 6.23 Å². The predicted molar refractivity (Wildman–Crippen MR) is 182 cm³/mol. The van der Waals surface area contributed by atoms with Gasteiger partial charge < -0.3 is 24.3 Å². The number of phosphoric acid groups is 3. The molecule has 1 aliphatic rings. The van der Waals surface area contributed by atoms with Crippen LogP contribution in [0.15, 0.2) is 27.9 Å². The summed E-state index contributed by atoms with van der Waals surface area (Å²) >= 11 is 0. The molecule has 0 saturated carbocycles. The summed E-state index contributed by atoms with van der Waals surface area (Å²) in [7, 11) is -21.8. The van der Waals surface area contributed by atoms with Gasteiger partial charge in [0.1, 0.15) is 6.10 Å². The molecule has 21 heteroatoms. The largest absolute Gasteiger partial charge is 0.490 e. The summed E-state index contributed by atoms with van der Waals surface area (Å²) in [5.74, 6) is 0. The molecule has 0 radical (unpaired) electrons. The molecule has 0 fully saturated rings. The number of unbranched alkanes of at least 4 members (excludes halogenated alkanes) is 15. The van der Waals surface area contributed by atoms with E-state index >= 15 is 0 Å². The van der Waals surface area contributed by atoms with Crippen molar-refractivity contribution < 1.29 is 60.0 Å². The lowest BCUT2D eigenvalue weighted by Gasteiger charge is -2.21. The Hall–Kier alpha value is -1.02. The van der Waals surface area contributed by atoms with Crippen LogP contribution in [0.1, 0.15) is 121 Å². The number of hydrogen-bond donors (Lipinski definition) is 5. The van der Waals surface area contributed by atoms with Crippen molar-refractivity contribution in [2.45, 2.75) is 129 Å². The van der Waals surface area contributed by atoms with Gasteiger partial charge in [0.2, 0.25) is 0 Å². The number of ether oxygens (including phenoxy) is 1. The average Bonchev–Trinajstić information content (AvgIpc) is 3.45. The Morgan fingerprint density at radius 3 is 1.71 bits per heavy atom. The molecule has 0 spiro atoms. The molecule has 1 aromatic rings. The molecule has 17 nitrogen and oxygen atoms in total. The minimum atomic E-state index is -5.87. The zero-order chi connectivity index (χ0) is 36.6. The van der Waals surface area contributed by atoms with Crippen LogP contribution in [-0.4, -0.2) is 48.0 Å². The number of aromatic amines is 1. The van der Waals surface area contributed by atoms with E-state index in [1.54, 1.807) is 0 Å². The number of phosphoric ester groups is 1. The molecule has 0 amide bonds. The first-order valence-corrected chi connectivity index (χ1v) is 22.9. The summed E-state index contributed by atoms with van der Waals surface area (Å²) in [6.07, 6.45) is 18.7. The van der Waals surface area contributed by atoms with Gasteiger partial charge in [0.25, 0.3) is 5.56 Å². The molecule has 4 unspecified atom stereocenters. The van der Waals surface area contributed by atoms with Gasteiger partial charge in [-0.2, -0.15) is 8.62 Å². The lowest BCUT2D eigenvalue weighted by Crippen LogP contribution is -2.33. The van der Waals surface area contributed by atoms with E-state index in [1.807, 2.05) is 0 Å². The predicted octanol–water partition coefficient (Wildman–Crippen LogP) is 7.11. The monoisotopic (exact) mass is 780 g/mol. The zero-order valence-electron chi connectivity index (χ0n) is 28.1. The van der Waals surface area contributed by atoms with Crippen molar-refractivity contribution in [3.63, 3.8) is 0 Å². The van der Waals surface area contributed by atoms with Crippen LogP contribution in [0.5, 0.6) is 0 Å². The van der Waals surface area contributed by atoms with Crippen LogP contribution in [0.25, 0.3) is 0 Å². The van der Waals surface area contributed by atoms with Crippen LogP contribution in [0.3, 0.4) is 0 Å². The number of H-pyrrole nitrogens is 1. The smallest absolute Gasteiger partial charge is 0.344 e. The molecule has 1 aromatic heterocycles. The maximum absolute atomic E-state index is 12.3. The van der Waals surface area contributed by atoms with E-state index < -0.39 is 67.4 Å². The summed E-state index contributed by atoms with van der Waals surface area (Å²) < 4.78 is 72.2. The van der Waals surface area contributed by atoms with Gasteiger partial charge in [0.05, 0.1) is 12.8 Å². The van der Waals surface area contributed by atoms with Gasteiger partial charge in [-0.1, -0.05) is 109 Å². The zero-order valence-corrected chi connectivity index (χ0v) is 31.7. The second-order valence-corrected chi connectivity index (χ2v) is 18.8. The van der Waals surface area contributed by atoms with Crippen molar-refractivity contribution in [2.75, 3.05) is 12.8 Å². The number of nitrogens with one attached hydrogen (secondary N) is 1. The average molecular weight is 781 g/mol. The number of aromatic nitrogens is 2. The Bertz CT molecular complexity index is 1500. The molecule has 49 heavy (non-hydrogen) atoms. The quantitative estimate of drug-likeness (QED) is 0.0339. The van der Waals surface area contributed by atoms with Crippen molar-refractivity contribution in [1.82, 2.24) is 9.55 Å². The lowest BCUT2D eigenvalue weighted by atomic mass is 10.0. The van der Waals surface area contributed by atoms with Crippen LogP contribution >= 0.6 is 31.1 Å². The van der Waals surface area contributed by atoms with Crippen LogP contribution < -0.4 is 11.2 Å². The van der Waals surface area contributed by atoms with E-state index in [1.165, 1.54) is 89.5 Å². The molecule has 284 valence electrons. The molecule has 6 atom stereocenters. The highest BCUT2D eigenvalue weighted by molar-refractivity contribution is 7.70. The molecular weight excluding hydrogens is 728 g/mol. The van der Waals surface area contributed by atoms with Gasteiger partial charge >= 0.3 is 36.8 Å². The Labute approximate surface area is 286 Å². The van der Waals surface area contributed by atoms with Gasteiger partial charge in [0, 0.05) is 11.8 Å². The first-order valence-electron chi connectivity index (χ1n) is 16.7. The molecule has 0 saturated heterocycles. The number of hydrogen-bond acceptors (Lipinski definition) is 11. The summed E-state index contributed by atoms with van der Waals surface area (Å²) in [6.45, 7) is 2.92. The highest BCUT2D eigenvalue weighted by atomic mass is 31.3. The first kappa shape index (κ1) is 44.1. The highest BCUT2D eigenvalue weighted by Gasteiger charge is 2.45. The summed E-state index contributed by atoms with van der Waals surface area (Å²) in [6, 6.07) is 0. The molecule has 5 N–H and O–H groups in total. The number of nitrogens with zero attached hydrogens (tertiary/aromatic N) is 1. The normalized spacial score (nSPS) is 21.2. The van der Waals surface area contributed by atoms with Crippen molar-refractivity contribution in [3.05, 3.63) is 44.8 Å². The summed E-state index contributed by atoms with van der Waals surface area (Å²) in [4.78, 5) is 65.1. The van der Waals surface area contributed by atoms with Crippen LogP contribution in [0, 0.1) is 6.92 Å². The maximum Gasteiger partial charge on any atom is 0.490 e. The minimum Gasteiger partial charge on any atom is -0.344 e. The lowest BCUT2D eigenvalue weighted by molar-refractivity contribution is -0.0104. The second-order valence-electron chi connectivity index (χ2n) is 12.0. The fraction of sp³-hybridized carbons (Fsp3) is 0.786. The molecular formula is C28H52N2O15P4. The Kier molecular flexibility index (Phi) is 19.4. The van der Waals surface area contributed by atoms with Gasteiger partial charge in [-0.15, -0.1) is 0 Å². The summed E-state index contributed by atoms with van der Waals surface area (Å²) in [5, 5.41) is 0. The van der Waals surface area contributed by atoms with Gasteiger partial charge in [-0.25, -0.2) is 22.8 Å². The van der Waals surface area contributed by atoms with Crippen molar-refractivity contribution in [1.29, 1.82) is 0 Å². The van der Waals surface area contributed by atoms with E-state index in [2.05, 4.69) is 29.4 Å². The molecule has 0 bridgehead atoms. The van der Waals surface area contributed by atoms with Gasteiger partial charge in [-0.05, 0) is 19.4 Å². The highest BCUT2D eigenvalue weighted by Crippen LogP contribution is 2.71. The van der Waals surface area contributed by atoms with E-state index in [0.717, 1.165) is 30.3 Å². The van der Waals surface area contributed by atoms with Crippen molar-refractivity contribution in [2.24, 2.45) is 0 Å². The van der Waals surface area contributed by atoms with Crippen LogP contribution in [0.2, 0.25) is 0 Å². The standard InChI is InChI=1S/C28H52N2O15P4/c1-3-4-5-6-7-8-9-10-11-12-13-14-15-16-17-18-21-46(33,34)43-48(37,38)45-49(39,40)44-47(35,36)41-23-25-19-20-26(42-25)30-22-24(2)27(31)29-28(30)32/h19-20,22,25-26H,3-18,21,23H2,1-2H3,(H,33,34)(H,35,36)(H,37,38)(H,39,40)(H,29,31,32)/t25-,26+/m0/s1. The molecule has 2 heterocycles. The third kappa shape index (κ3) is 18.9. The molecule has 0 aliphatic carbocycles. The maximum atomic E-state index is 12.3.